The number of aromatic hydroxyl groups is 1. The third-order valence-corrected chi connectivity index (χ3v) is 1.17. The fourth-order valence-electron chi connectivity index (χ4n) is 0.712. The van der Waals surface area contributed by atoms with Gasteiger partial charge in [-0.3, -0.25) is 0 Å². The Morgan fingerprint density at radius 1 is 1.50 bits per heavy atom. The van der Waals surface area contributed by atoms with Crippen LogP contribution in [0.5, 0.6) is 11.6 Å². The van der Waals surface area contributed by atoms with E-state index in [1.165, 1.54) is 6.07 Å². The van der Waals surface area contributed by atoms with Gasteiger partial charge in [0.15, 0.2) is 0 Å². The molecular weight excluding hydrogens is 201 g/mol. The zero-order valence-corrected chi connectivity index (χ0v) is 6.54. The Bertz CT molecular complexity index is 384. The van der Waals surface area contributed by atoms with Crippen LogP contribution in [0.3, 0.4) is 0 Å². The molecule has 0 aliphatic carbocycles. The molecule has 7 heteroatoms. The number of hydrogen-bond donors (Lipinski definition) is 1. The van der Waals surface area contributed by atoms with Crippen LogP contribution in [0.2, 0.25) is 0 Å². The first-order valence-electron chi connectivity index (χ1n) is 3.27. The second-order valence-corrected chi connectivity index (χ2v) is 2.21. The second kappa shape index (κ2) is 3.41. The Balaban J connectivity index is 3.05. The molecule has 0 atom stereocenters. The molecule has 1 rings (SSSR count). The van der Waals surface area contributed by atoms with Crippen LogP contribution in [0.25, 0.3) is 0 Å². The highest BCUT2D eigenvalue weighted by Crippen LogP contribution is 2.25. The Morgan fingerprint density at radius 3 is 2.64 bits per heavy atom. The topological polar surface area (TPSA) is 66.1 Å². The van der Waals surface area contributed by atoms with Crippen molar-refractivity contribution in [1.82, 2.24) is 4.98 Å². The molecule has 1 aromatic rings. The first-order valence-corrected chi connectivity index (χ1v) is 3.27. The van der Waals surface area contributed by atoms with Crippen molar-refractivity contribution in [3.8, 4) is 17.7 Å². The Morgan fingerprint density at radius 2 is 2.14 bits per heavy atom. The van der Waals surface area contributed by atoms with Gasteiger partial charge in [0.25, 0.3) is 0 Å². The van der Waals surface area contributed by atoms with E-state index in [2.05, 4.69) is 9.72 Å². The third kappa shape index (κ3) is 2.52. The molecule has 0 aromatic carbocycles. The van der Waals surface area contributed by atoms with Gasteiger partial charge in [-0.25, -0.2) is 4.98 Å². The van der Waals surface area contributed by atoms with Gasteiger partial charge in [0.05, 0.1) is 6.20 Å². The molecule has 0 saturated carbocycles. The molecule has 0 amide bonds. The highest BCUT2D eigenvalue weighted by atomic mass is 19.4. The molecule has 0 radical (unpaired) electrons. The quantitative estimate of drug-likeness (QED) is 0.753. The predicted octanol–water partition coefficient (Wildman–Crippen LogP) is 1.56. The Hall–Kier alpha value is -1.97. The zero-order valence-electron chi connectivity index (χ0n) is 6.54. The summed E-state index contributed by atoms with van der Waals surface area (Å²) in [5, 5.41) is 17.2. The summed E-state index contributed by atoms with van der Waals surface area (Å²) in [5.74, 6) is -1.28. The molecule has 1 N–H and O–H groups in total. The fraction of sp³-hybridized carbons (Fsp3) is 0.143. The van der Waals surface area contributed by atoms with Gasteiger partial charge < -0.3 is 9.84 Å². The highest BCUT2D eigenvalue weighted by Gasteiger charge is 2.33. The van der Waals surface area contributed by atoms with Crippen molar-refractivity contribution in [1.29, 1.82) is 5.26 Å². The van der Waals surface area contributed by atoms with Crippen LogP contribution in [0.1, 0.15) is 5.56 Å². The number of nitriles is 1. The van der Waals surface area contributed by atoms with E-state index < -0.39 is 23.6 Å². The van der Waals surface area contributed by atoms with Crippen LogP contribution in [0.4, 0.5) is 13.2 Å². The molecule has 1 aromatic heterocycles. The molecule has 14 heavy (non-hydrogen) atoms. The number of halogens is 3. The lowest BCUT2D eigenvalue weighted by Crippen LogP contribution is -2.18. The van der Waals surface area contributed by atoms with Crippen LogP contribution in [0, 0.1) is 11.3 Å². The fourth-order valence-corrected chi connectivity index (χ4v) is 0.712. The maximum absolute atomic E-state index is 11.7. The largest absolute Gasteiger partial charge is 0.574 e. The van der Waals surface area contributed by atoms with Crippen LogP contribution in [-0.2, 0) is 0 Å². The minimum Gasteiger partial charge on any atom is -0.506 e. The molecule has 4 nitrogen and oxygen atoms in total. The lowest BCUT2D eigenvalue weighted by atomic mass is 10.3. The number of rotatable bonds is 1. The van der Waals surface area contributed by atoms with E-state index in [9.17, 15) is 13.2 Å². The van der Waals surface area contributed by atoms with Crippen molar-refractivity contribution in [2.45, 2.75) is 6.36 Å². The highest BCUT2D eigenvalue weighted by molar-refractivity contribution is 5.41. The van der Waals surface area contributed by atoms with E-state index in [0.29, 0.717) is 0 Å². The van der Waals surface area contributed by atoms with E-state index in [1.54, 1.807) is 0 Å². The number of pyridine rings is 1. The van der Waals surface area contributed by atoms with E-state index in [1.807, 2.05) is 0 Å². The summed E-state index contributed by atoms with van der Waals surface area (Å²) < 4.78 is 38.6. The second-order valence-electron chi connectivity index (χ2n) is 2.21. The summed E-state index contributed by atoms with van der Waals surface area (Å²) in [6.07, 6.45) is -4.16. The molecule has 0 bridgehead atoms. The van der Waals surface area contributed by atoms with Gasteiger partial charge in [0.2, 0.25) is 5.88 Å². The normalized spacial score (nSPS) is 10.7. The number of hydrogen-bond acceptors (Lipinski definition) is 4. The average Bonchev–Trinajstić information content (AvgIpc) is 2.06. The number of nitrogens with zero attached hydrogens (tertiary/aromatic N) is 2. The summed E-state index contributed by atoms with van der Waals surface area (Å²) >= 11 is 0. The molecule has 0 aliphatic rings. The SMILES string of the molecule is N#Cc1cc(O)cnc1OC(F)(F)F. The van der Waals surface area contributed by atoms with E-state index in [0.717, 1.165) is 12.3 Å². The van der Waals surface area contributed by atoms with Crippen LogP contribution in [0.15, 0.2) is 12.3 Å². The maximum Gasteiger partial charge on any atom is 0.574 e. The molecule has 74 valence electrons. The van der Waals surface area contributed by atoms with Crippen molar-refractivity contribution < 1.29 is 23.0 Å². The lowest BCUT2D eigenvalue weighted by molar-refractivity contribution is -0.276. The summed E-state index contributed by atoms with van der Waals surface area (Å²) in [4.78, 5) is 3.12. The minimum absolute atomic E-state index is 0.406. The first-order chi connectivity index (χ1) is 6.42. The number of aromatic nitrogens is 1. The molecule has 0 spiro atoms. The van der Waals surface area contributed by atoms with Gasteiger partial charge in [0, 0.05) is 6.07 Å². The molecule has 0 unspecified atom stereocenters. The summed E-state index contributed by atoms with van der Waals surface area (Å²) in [6.45, 7) is 0. The van der Waals surface area contributed by atoms with Gasteiger partial charge in [0.1, 0.15) is 17.4 Å². The molecule has 0 fully saturated rings. The van der Waals surface area contributed by atoms with Crippen LogP contribution < -0.4 is 4.74 Å². The van der Waals surface area contributed by atoms with Gasteiger partial charge in [-0.2, -0.15) is 5.26 Å². The number of ether oxygens (including phenoxy) is 1. The monoisotopic (exact) mass is 204 g/mol. The molecule has 0 saturated heterocycles. The Labute approximate surface area is 76.2 Å². The Kier molecular flexibility index (Phi) is 2.47. The first kappa shape index (κ1) is 10.1. The average molecular weight is 204 g/mol. The number of alkyl halides is 3. The van der Waals surface area contributed by atoms with Crippen molar-refractivity contribution in [2.24, 2.45) is 0 Å². The van der Waals surface area contributed by atoms with E-state index >= 15 is 0 Å². The van der Waals surface area contributed by atoms with Crippen LogP contribution >= 0.6 is 0 Å². The van der Waals surface area contributed by atoms with Crippen molar-refractivity contribution in [3.05, 3.63) is 17.8 Å². The summed E-state index contributed by atoms with van der Waals surface area (Å²) in [5.41, 5.74) is -0.484. The van der Waals surface area contributed by atoms with E-state index in [-0.39, 0.29) is 0 Å². The maximum atomic E-state index is 11.7. The standard InChI is InChI=1S/C7H3F3N2O2/c8-7(9,10)14-6-4(2-11)1-5(13)3-12-6/h1,3,13H. The molecule has 0 aliphatic heterocycles. The van der Waals surface area contributed by atoms with Crippen molar-refractivity contribution >= 4 is 0 Å². The summed E-state index contributed by atoms with van der Waals surface area (Å²) in [6, 6.07) is 2.24. The third-order valence-electron chi connectivity index (χ3n) is 1.17. The van der Waals surface area contributed by atoms with Gasteiger partial charge in [-0.05, 0) is 0 Å². The predicted molar refractivity (Wildman–Crippen MR) is 37.3 cm³/mol. The molecular formula is C7H3F3N2O2. The molecule has 1 heterocycles. The summed E-state index contributed by atoms with van der Waals surface area (Å²) in [7, 11) is 0. The zero-order chi connectivity index (χ0) is 10.8. The van der Waals surface area contributed by atoms with Gasteiger partial charge in [-0.1, -0.05) is 0 Å². The van der Waals surface area contributed by atoms with Crippen molar-refractivity contribution in [3.63, 3.8) is 0 Å². The van der Waals surface area contributed by atoms with Gasteiger partial charge in [-0.15, -0.1) is 13.2 Å². The smallest absolute Gasteiger partial charge is 0.506 e. The lowest BCUT2D eigenvalue weighted by Gasteiger charge is -2.08. The van der Waals surface area contributed by atoms with Crippen LogP contribution in [-0.4, -0.2) is 16.5 Å². The minimum atomic E-state index is -4.91. The van der Waals surface area contributed by atoms with E-state index in [4.69, 9.17) is 10.4 Å². The van der Waals surface area contributed by atoms with Crippen molar-refractivity contribution in [2.75, 3.05) is 0 Å². The van der Waals surface area contributed by atoms with Gasteiger partial charge >= 0.3 is 6.36 Å².